The number of aliphatic hydroxyl groups is 1. The van der Waals surface area contributed by atoms with Gasteiger partial charge < -0.3 is 9.84 Å². The summed E-state index contributed by atoms with van der Waals surface area (Å²) in [7, 11) is 0. The highest BCUT2D eigenvalue weighted by molar-refractivity contribution is 5.73. The average molecular weight is 459 g/mol. The lowest BCUT2D eigenvalue weighted by molar-refractivity contribution is -0.105. The van der Waals surface area contributed by atoms with Crippen molar-refractivity contribution in [3.63, 3.8) is 0 Å². The average Bonchev–Trinajstić information content (AvgIpc) is 3.42. The van der Waals surface area contributed by atoms with Crippen molar-refractivity contribution in [2.45, 2.75) is 124 Å². The minimum atomic E-state index is 0.0797. The Morgan fingerprint density at radius 3 is 2.42 bits per heavy atom. The summed E-state index contributed by atoms with van der Waals surface area (Å²) in [5, 5.41) is 9.47. The predicted molar refractivity (Wildman–Crippen MR) is 139 cm³/mol. The van der Waals surface area contributed by atoms with Crippen LogP contribution in [0.1, 0.15) is 113 Å². The minimum absolute atomic E-state index is 0.0797. The van der Waals surface area contributed by atoms with Crippen LogP contribution in [0.2, 0.25) is 0 Å². The van der Waals surface area contributed by atoms with Crippen LogP contribution in [0.4, 0.5) is 0 Å². The molecule has 0 aromatic heterocycles. The highest BCUT2D eigenvalue weighted by atomic mass is 16.6. The SMILES string of the molecule is CC(C)=CCCC1(C)OC1CC/C(C)=C/CC[C@]1(C)[C@H](C)CC/C(=C(\C)C=O)[C@H]1CCCO. The predicted octanol–water partition coefficient (Wildman–Crippen LogP) is 7.74. The lowest BCUT2D eigenvalue weighted by Crippen LogP contribution is -2.39. The zero-order valence-corrected chi connectivity index (χ0v) is 22.5. The monoisotopic (exact) mass is 458 g/mol. The fourth-order valence-corrected chi connectivity index (χ4v) is 6.00. The van der Waals surface area contributed by atoms with Gasteiger partial charge in [-0.05, 0) is 122 Å². The molecule has 1 saturated heterocycles. The molecule has 3 heteroatoms. The summed E-state index contributed by atoms with van der Waals surface area (Å²) in [6, 6.07) is 0. The minimum Gasteiger partial charge on any atom is -0.396 e. The van der Waals surface area contributed by atoms with Gasteiger partial charge in [0.15, 0.2) is 0 Å². The van der Waals surface area contributed by atoms with Crippen molar-refractivity contribution in [2.75, 3.05) is 6.61 Å². The summed E-state index contributed by atoms with van der Waals surface area (Å²) >= 11 is 0. The van der Waals surface area contributed by atoms with E-state index in [1.165, 1.54) is 16.7 Å². The van der Waals surface area contributed by atoms with Crippen LogP contribution in [0.15, 0.2) is 34.4 Å². The quantitative estimate of drug-likeness (QED) is 0.133. The first-order valence-electron chi connectivity index (χ1n) is 13.3. The largest absolute Gasteiger partial charge is 0.396 e. The van der Waals surface area contributed by atoms with E-state index in [-0.39, 0.29) is 17.6 Å². The van der Waals surface area contributed by atoms with Crippen LogP contribution in [-0.2, 0) is 9.53 Å². The van der Waals surface area contributed by atoms with Crippen LogP contribution >= 0.6 is 0 Å². The second kappa shape index (κ2) is 12.5. The first-order chi connectivity index (χ1) is 15.6. The number of hydrogen-bond donors (Lipinski definition) is 1. The normalized spacial score (nSPS) is 33.6. The third-order valence-electron chi connectivity index (χ3n) is 8.73. The molecule has 33 heavy (non-hydrogen) atoms. The molecule has 1 saturated carbocycles. The van der Waals surface area contributed by atoms with Crippen LogP contribution < -0.4 is 0 Å². The van der Waals surface area contributed by atoms with Gasteiger partial charge in [0, 0.05) is 6.61 Å². The standard InChI is InChI=1S/C30H50O3/c1-22(2)11-8-19-30(7)28(33-30)17-14-23(3)12-9-18-29(6)25(5)15-16-26(24(4)21-32)27(29)13-10-20-31/h11-12,21,25,27-28,31H,8-10,13-20H2,1-7H3/b23-12+,26-24-/t25-,27-,28?,29-,30?/m1/s1. The van der Waals surface area contributed by atoms with E-state index in [0.717, 1.165) is 76.1 Å². The molecule has 0 aromatic carbocycles. The van der Waals surface area contributed by atoms with Crippen LogP contribution in [-0.4, -0.2) is 29.7 Å². The van der Waals surface area contributed by atoms with Gasteiger partial charge in [-0.15, -0.1) is 0 Å². The number of allylic oxidation sites excluding steroid dienone is 6. The Balaban J connectivity index is 1.93. The molecule has 0 radical (unpaired) electrons. The highest BCUT2D eigenvalue weighted by Gasteiger charge is 2.50. The van der Waals surface area contributed by atoms with E-state index in [2.05, 4.69) is 53.7 Å². The maximum absolute atomic E-state index is 11.6. The van der Waals surface area contributed by atoms with Gasteiger partial charge in [-0.2, -0.15) is 0 Å². The van der Waals surface area contributed by atoms with Crippen LogP contribution in [0.5, 0.6) is 0 Å². The molecule has 2 fully saturated rings. The molecule has 1 aliphatic carbocycles. The third kappa shape index (κ3) is 7.65. The van der Waals surface area contributed by atoms with E-state index in [4.69, 9.17) is 4.74 Å². The van der Waals surface area contributed by atoms with E-state index in [9.17, 15) is 9.90 Å². The lowest BCUT2D eigenvalue weighted by atomic mass is 9.56. The topological polar surface area (TPSA) is 49.8 Å². The van der Waals surface area contributed by atoms with Gasteiger partial charge in [-0.1, -0.05) is 42.7 Å². The Morgan fingerprint density at radius 1 is 1.09 bits per heavy atom. The van der Waals surface area contributed by atoms with Crippen molar-refractivity contribution >= 4 is 6.29 Å². The molecular formula is C30H50O3. The van der Waals surface area contributed by atoms with Gasteiger partial charge >= 0.3 is 0 Å². The smallest absolute Gasteiger partial charge is 0.145 e. The van der Waals surface area contributed by atoms with Gasteiger partial charge in [0.05, 0.1) is 11.7 Å². The summed E-state index contributed by atoms with van der Waals surface area (Å²) in [5.41, 5.74) is 5.37. The fourth-order valence-electron chi connectivity index (χ4n) is 6.00. The van der Waals surface area contributed by atoms with Crippen molar-refractivity contribution in [1.82, 2.24) is 0 Å². The summed E-state index contributed by atoms with van der Waals surface area (Å²) < 4.78 is 6.05. The van der Waals surface area contributed by atoms with E-state index >= 15 is 0 Å². The number of rotatable bonds is 13. The molecule has 0 spiro atoms. The molecule has 0 bridgehead atoms. The molecule has 5 atom stereocenters. The number of epoxide rings is 1. The van der Waals surface area contributed by atoms with E-state index in [1.807, 2.05) is 6.92 Å². The lowest BCUT2D eigenvalue weighted by Gasteiger charge is -2.48. The molecule has 188 valence electrons. The number of aldehydes is 1. The maximum atomic E-state index is 11.6. The molecule has 3 nitrogen and oxygen atoms in total. The van der Waals surface area contributed by atoms with E-state index in [0.29, 0.717) is 17.9 Å². The van der Waals surface area contributed by atoms with Crippen molar-refractivity contribution in [2.24, 2.45) is 17.3 Å². The van der Waals surface area contributed by atoms with Gasteiger partial charge in [0.25, 0.3) is 0 Å². The maximum Gasteiger partial charge on any atom is 0.145 e. The fraction of sp³-hybridized carbons (Fsp3) is 0.767. The van der Waals surface area contributed by atoms with Gasteiger partial charge in [-0.3, -0.25) is 4.79 Å². The van der Waals surface area contributed by atoms with Crippen LogP contribution in [0, 0.1) is 17.3 Å². The Hall–Kier alpha value is -1.19. The molecule has 1 N–H and O–H groups in total. The molecular weight excluding hydrogens is 408 g/mol. The van der Waals surface area contributed by atoms with Crippen molar-refractivity contribution in [3.8, 4) is 0 Å². The molecule has 1 aliphatic heterocycles. The number of hydrogen-bond acceptors (Lipinski definition) is 3. The second-order valence-electron chi connectivity index (χ2n) is 11.6. The molecule has 2 unspecified atom stereocenters. The molecule has 1 heterocycles. The van der Waals surface area contributed by atoms with Gasteiger partial charge in [0.1, 0.15) is 6.29 Å². The highest BCUT2D eigenvalue weighted by Crippen LogP contribution is 2.53. The van der Waals surface area contributed by atoms with Crippen molar-refractivity contribution in [3.05, 3.63) is 34.4 Å². The van der Waals surface area contributed by atoms with Crippen molar-refractivity contribution < 1.29 is 14.6 Å². The summed E-state index contributed by atoms with van der Waals surface area (Å²) in [4.78, 5) is 11.6. The first kappa shape index (κ1) is 28.1. The molecule has 0 amide bonds. The van der Waals surface area contributed by atoms with Crippen LogP contribution in [0.3, 0.4) is 0 Å². The summed E-state index contributed by atoms with van der Waals surface area (Å²) in [6.07, 6.45) is 16.8. The Labute approximate surface area is 203 Å². The van der Waals surface area contributed by atoms with Gasteiger partial charge in [0.2, 0.25) is 0 Å². The summed E-state index contributed by atoms with van der Waals surface area (Å²) in [6.45, 7) is 15.9. The third-order valence-corrected chi connectivity index (χ3v) is 8.73. The van der Waals surface area contributed by atoms with Crippen LogP contribution in [0.25, 0.3) is 0 Å². The summed E-state index contributed by atoms with van der Waals surface area (Å²) in [5.74, 6) is 1.02. The zero-order chi connectivity index (χ0) is 24.6. The molecule has 0 aromatic rings. The van der Waals surface area contributed by atoms with E-state index < -0.39 is 0 Å². The number of aliphatic hydroxyl groups excluding tert-OH is 1. The number of carbonyl (C=O) groups is 1. The molecule has 2 rings (SSSR count). The van der Waals surface area contributed by atoms with Gasteiger partial charge in [-0.25, -0.2) is 0 Å². The first-order valence-corrected chi connectivity index (χ1v) is 13.3. The Bertz CT molecular complexity index is 742. The number of carbonyl (C=O) groups excluding carboxylic acids is 1. The van der Waals surface area contributed by atoms with Crippen molar-refractivity contribution in [1.29, 1.82) is 0 Å². The second-order valence-corrected chi connectivity index (χ2v) is 11.6. The Morgan fingerprint density at radius 2 is 1.79 bits per heavy atom. The molecule has 2 aliphatic rings. The zero-order valence-electron chi connectivity index (χ0n) is 22.5. The van der Waals surface area contributed by atoms with E-state index in [1.54, 1.807) is 0 Å². The Kier molecular flexibility index (Phi) is 10.6. The number of ether oxygens (including phenoxy) is 1.